The lowest BCUT2D eigenvalue weighted by Crippen LogP contribution is -2.26. The van der Waals surface area contributed by atoms with Gasteiger partial charge in [0.15, 0.2) is 5.82 Å². The zero-order chi connectivity index (χ0) is 13.5. The monoisotopic (exact) mass is 262 g/mol. The number of hydrogen-bond donors (Lipinski definition) is 4. The highest BCUT2D eigenvalue weighted by Crippen LogP contribution is 2.00. The van der Waals surface area contributed by atoms with Crippen LogP contribution in [0.3, 0.4) is 0 Å². The number of hydrazine groups is 1. The fourth-order valence-electron chi connectivity index (χ4n) is 1.44. The van der Waals surface area contributed by atoms with Crippen LogP contribution in [0.2, 0.25) is 0 Å². The number of aromatic nitrogens is 5. The molecule has 0 spiro atoms. The van der Waals surface area contributed by atoms with Crippen LogP contribution in [-0.4, -0.2) is 37.6 Å². The molecular formula is C10H14N8O. The second kappa shape index (κ2) is 6.40. The largest absolute Gasteiger partial charge is 0.351 e. The molecule has 0 atom stereocenters. The minimum atomic E-state index is -0.290. The average molecular weight is 262 g/mol. The summed E-state index contributed by atoms with van der Waals surface area (Å²) in [6.07, 6.45) is 5.74. The smallest absolute Gasteiger partial charge is 0.271 e. The molecule has 1 amide bonds. The number of H-pyrrole nitrogens is 1. The van der Waals surface area contributed by atoms with Crippen LogP contribution in [0, 0.1) is 0 Å². The van der Waals surface area contributed by atoms with Crippen LogP contribution < -0.4 is 16.6 Å². The number of nitrogens with zero attached hydrogens (tertiary/aromatic N) is 4. The van der Waals surface area contributed by atoms with E-state index in [-0.39, 0.29) is 11.6 Å². The molecule has 0 fully saturated rings. The van der Waals surface area contributed by atoms with Gasteiger partial charge in [0.05, 0.1) is 12.4 Å². The van der Waals surface area contributed by atoms with Crippen LogP contribution in [0.25, 0.3) is 0 Å². The van der Waals surface area contributed by atoms with Gasteiger partial charge in [0, 0.05) is 13.0 Å². The molecule has 0 bridgehead atoms. The second-order valence-electron chi connectivity index (χ2n) is 3.73. The van der Waals surface area contributed by atoms with Gasteiger partial charge in [0.2, 0.25) is 0 Å². The number of nitrogens with one attached hydrogen (secondary N) is 3. The summed E-state index contributed by atoms with van der Waals surface area (Å²) in [5.41, 5.74) is 2.55. The van der Waals surface area contributed by atoms with Gasteiger partial charge in [-0.05, 0) is 6.42 Å². The fraction of sp³-hybridized carbons (Fsp3) is 0.300. The van der Waals surface area contributed by atoms with E-state index in [0.29, 0.717) is 12.4 Å². The van der Waals surface area contributed by atoms with E-state index in [1.807, 2.05) is 0 Å². The van der Waals surface area contributed by atoms with Crippen molar-refractivity contribution in [2.24, 2.45) is 5.84 Å². The van der Waals surface area contributed by atoms with Crippen LogP contribution in [0.15, 0.2) is 18.7 Å². The molecule has 2 heterocycles. The summed E-state index contributed by atoms with van der Waals surface area (Å²) in [6.45, 7) is 0.515. The molecule has 9 nitrogen and oxygen atoms in total. The number of aryl methyl sites for hydroxylation is 1. The van der Waals surface area contributed by atoms with Crippen LogP contribution >= 0.6 is 0 Å². The summed E-state index contributed by atoms with van der Waals surface area (Å²) in [5.74, 6) is 6.04. The quantitative estimate of drug-likeness (QED) is 0.305. The molecule has 0 aliphatic rings. The zero-order valence-corrected chi connectivity index (χ0v) is 10.1. The van der Waals surface area contributed by atoms with Gasteiger partial charge in [-0.15, -0.1) is 0 Å². The summed E-state index contributed by atoms with van der Waals surface area (Å²) in [7, 11) is 0. The van der Waals surface area contributed by atoms with Gasteiger partial charge in [-0.3, -0.25) is 14.9 Å². The van der Waals surface area contributed by atoms with Crippen molar-refractivity contribution in [3.05, 3.63) is 30.2 Å². The Morgan fingerprint density at radius 3 is 3.05 bits per heavy atom. The molecule has 100 valence electrons. The van der Waals surface area contributed by atoms with E-state index in [2.05, 4.69) is 35.9 Å². The van der Waals surface area contributed by atoms with Crippen LogP contribution in [-0.2, 0) is 6.42 Å². The van der Waals surface area contributed by atoms with Crippen molar-refractivity contribution in [1.82, 2.24) is 30.5 Å². The first-order valence-electron chi connectivity index (χ1n) is 5.70. The molecule has 0 aromatic carbocycles. The molecule has 0 saturated heterocycles. The molecule has 2 rings (SSSR count). The van der Waals surface area contributed by atoms with Crippen molar-refractivity contribution >= 4 is 11.7 Å². The van der Waals surface area contributed by atoms with Crippen molar-refractivity contribution < 1.29 is 4.79 Å². The van der Waals surface area contributed by atoms with Crippen LogP contribution in [0.4, 0.5) is 5.82 Å². The highest BCUT2D eigenvalue weighted by molar-refractivity contribution is 5.92. The first-order chi connectivity index (χ1) is 9.29. The van der Waals surface area contributed by atoms with E-state index in [1.54, 1.807) is 0 Å². The number of hydrogen-bond acceptors (Lipinski definition) is 7. The number of carbonyl (C=O) groups excluding carboxylic acids is 1. The third-order valence-electron chi connectivity index (χ3n) is 2.36. The molecule has 2 aromatic heterocycles. The third kappa shape index (κ3) is 3.71. The molecule has 0 unspecified atom stereocenters. The van der Waals surface area contributed by atoms with Gasteiger partial charge in [0.1, 0.15) is 17.8 Å². The normalized spacial score (nSPS) is 10.2. The number of rotatable bonds is 6. The molecule has 9 heteroatoms. The SMILES string of the molecule is NNc1cncc(C(=O)NCCCc2ncn[nH]2)n1. The molecule has 0 aliphatic heterocycles. The molecule has 0 radical (unpaired) electrons. The van der Waals surface area contributed by atoms with E-state index >= 15 is 0 Å². The highest BCUT2D eigenvalue weighted by atomic mass is 16.1. The number of carbonyl (C=O) groups is 1. The number of anilines is 1. The van der Waals surface area contributed by atoms with Gasteiger partial charge >= 0.3 is 0 Å². The van der Waals surface area contributed by atoms with Crippen molar-refractivity contribution in [3.63, 3.8) is 0 Å². The van der Waals surface area contributed by atoms with Gasteiger partial charge in [-0.2, -0.15) is 5.10 Å². The summed E-state index contributed by atoms with van der Waals surface area (Å²) in [4.78, 5) is 23.6. The Labute approximate surface area is 109 Å². The van der Waals surface area contributed by atoms with Crippen molar-refractivity contribution in [2.75, 3.05) is 12.0 Å². The lowest BCUT2D eigenvalue weighted by molar-refractivity contribution is 0.0948. The Morgan fingerprint density at radius 1 is 1.42 bits per heavy atom. The van der Waals surface area contributed by atoms with Gasteiger partial charge in [-0.25, -0.2) is 15.8 Å². The van der Waals surface area contributed by atoms with Gasteiger partial charge in [-0.1, -0.05) is 0 Å². The summed E-state index contributed by atoms with van der Waals surface area (Å²) < 4.78 is 0. The maximum Gasteiger partial charge on any atom is 0.271 e. The number of aromatic amines is 1. The highest BCUT2D eigenvalue weighted by Gasteiger charge is 2.07. The maximum absolute atomic E-state index is 11.8. The van der Waals surface area contributed by atoms with Crippen LogP contribution in [0.5, 0.6) is 0 Å². The molecular weight excluding hydrogens is 248 g/mol. The van der Waals surface area contributed by atoms with E-state index in [1.165, 1.54) is 18.7 Å². The second-order valence-corrected chi connectivity index (χ2v) is 3.73. The maximum atomic E-state index is 11.8. The van der Waals surface area contributed by atoms with Gasteiger partial charge in [0.25, 0.3) is 5.91 Å². The summed E-state index contributed by atoms with van der Waals surface area (Å²) >= 11 is 0. The fourth-order valence-corrected chi connectivity index (χ4v) is 1.44. The Bertz CT molecular complexity index is 526. The summed E-state index contributed by atoms with van der Waals surface area (Å²) in [6, 6.07) is 0. The topological polar surface area (TPSA) is 134 Å². The lowest BCUT2D eigenvalue weighted by Gasteiger charge is -2.04. The standard InChI is InChI=1S/C10H14N8O/c11-17-9-5-12-4-7(16-9)10(19)13-3-1-2-8-14-6-15-18-8/h4-6H,1-3,11H2,(H,13,19)(H,16,17)(H,14,15,18). The number of nitrogens with two attached hydrogens (primary N) is 1. The van der Waals surface area contributed by atoms with E-state index < -0.39 is 0 Å². The third-order valence-corrected chi connectivity index (χ3v) is 2.36. The number of amides is 1. The van der Waals surface area contributed by atoms with E-state index in [0.717, 1.165) is 18.7 Å². The number of nitrogen functional groups attached to an aromatic ring is 1. The van der Waals surface area contributed by atoms with Crippen molar-refractivity contribution in [3.8, 4) is 0 Å². The average Bonchev–Trinajstić information content (AvgIpc) is 2.96. The Kier molecular flexibility index (Phi) is 4.34. The van der Waals surface area contributed by atoms with Crippen molar-refractivity contribution in [2.45, 2.75) is 12.8 Å². The van der Waals surface area contributed by atoms with Crippen molar-refractivity contribution in [1.29, 1.82) is 0 Å². The molecule has 0 saturated carbocycles. The minimum absolute atomic E-state index is 0.218. The molecule has 19 heavy (non-hydrogen) atoms. The molecule has 5 N–H and O–H groups in total. The minimum Gasteiger partial charge on any atom is -0.351 e. The first kappa shape index (κ1) is 12.9. The Balaban J connectivity index is 1.77. The van der Waals surface area contributed by atoms with Crippen LogP contribution in [0.1, 0.15) is 22.7 Å². The molecule has 2 aromatic rings. The Morgan fingerprint density at radius 2 is 2.32 bits per heavy atom. The van der Waals surface area contributed by atoms with E-state index in [4.69, 9.17) is 5.84 Å². The predicted molar refractivity (Wildman–Crippen MR) is 66.9 cm³/mol. The van der Waals surface area contributed by atoms with Gasteiger partial charge < -0.3 is 10.7 Å². The Hall–Kier alpha value is -2.55. The lowest BCUT2D eigenvalue weighted by atomic mass is 10.3. The predicted octanol–water partition coefficient (Wildman–Crippen LogP) is -0.757. The van der Waals surface area contributed by atoms with E-state index in [9.17, 15) is 4.79 Å². The summed E-state index contributed by atoms with van der Waals surface area (Å²) in [5, 5.41) is 9.24. The molecule has 0 aliphatic carbocycles. The first-order valence-corrected chi connectivity index (χ1v) is 5.70. The zero-order valence-electron chi connectivity index (χ0n) is 10.1.